The summed E-state index contributed by atoms with van der Waals surface area (Å²) in [5.74, 6) is -0.946. The molecule has 0 aromatic heterocycles. The molecule has 2 rings (SSSR count). The molecule has 2 aromatic carbocycles. The van der Waals surface area contributed by atoms with Crippen LogP contribution in [-0.2, 0) is 10.0 Å². The van der Waals surface area contributed by atoms with E-state index in [9.17, 15) is 12.8 Å². The Hall–Kier alpha value is -1.47. The highest BCUT2D eigenvalue weighted by Crippen LogP contribution is 2.24. The van der Waals surface area contributed by atoms with Gasteiger partial charge < -0.3 is 4.90 Å². The fraction of sp³-hybridized carbons (Fsp3) is 0.250. The molecule has 0 unspecified atom stereocenters. The number of rotatable bonds is 6. The van der Waals surface area contributed by atoms with Crippen LogP contribution in [0, 0.1) is 5.82 Å². The van der Waals surface area contributed by atoms with Gasteiger partial charge in [-0.1, -0.05) is 48.0 Å². The van der Waals surface area contributed by atoms with Crippen LogP contribution in [0.4, 0.5) is 4.39 Å². The number of benzene rings is 2. The number of sulfonamides is 1. The van der Waals surface area contributed by atoms with E-state index in [2.05, 4.69) is 4.72 Å². The summed E-state index contributed by atoms with van der Waals surface area (Å²) < 4.78 is 41.7. The molecule has 124 valence electrons. The molecule has 0 radical (unpaired) electrons. The number of nitrogens with zero attached hydrogens (tertiary/aromatic N) is 1. The van der Waals surface area contributed by atoms with Gasteiger partial charge in [0, 0.05) is 6.54 Å². The van der Waals surface area contributed by atoms with Gasteiger partial charge >= 0.3 is 0 Å². The number of likely N-dealkylation sites (N-methyl/N-ethyl adjacent to an activating group) is 1. The van der Waals surface area contributed by atoms with Gasteiger partial charge in [0.15, 0.2) is 5.82 Å². The minimum Gasteiger partial charge on any atom is -0.307 e. The van der Waals surface area contributed by atoms with Gasteiger partial charge in [-0.05, 0) is 31.8 Å². The van der Waals surface area contributed by atoms with Crippen LogP contribution in [0.3, 0.4) is 0 Å². The summed E-state index contributed by atoms with van der Waals surface area (Å²) in [4.78, 5) is 1.40. The smallest absolute Gasteiger partial charge is 0.244 e. The van der Waals surface area contributed by atoms with Gasteiger partial charge in [0.2, 0.25) is 10.0 Å². The van der Waals surface area contributed by atoms with Crippen LogP contribution in [0.1, 0.15) is 11.6 Å². The van der Waals surface area contributed by atoms with Crippen molar-refractivity contribution in [3.05, 3.63) is 64.9 Å². The Morgan fingerprint density at radius 1 is 1.13 bits per heavy atom. The van der Waals surface area contributed by atoms with Gasteiger partial charge in [0.1, 0.15) is 4.90 Å². The lowest BCUT2D eigenvalue weighted by molar-refractivity contribution is 0.363. The van der Waals surface area contributed by atoms with Crippen molar-refractivity contribution in [2.24, 2.45) is 0 Å². The Morgan fingerprint density at radius 2 is 1.78 bits per heavy atom. The van der Waals surface area contributed by atoms with Crippen LogP contribution in [-0.4, -0.2) is 34.0 Å². The standard InChI is InChI=1S/C16H18ClFN2O2S/c1-20(2)11-14(12-7-4-3-5-8-12)19-23(21,22)15-10-6-9-13(17)16(15)18/h3-10,14,19H,11H2,1-2H3/t14-/m1/s1. The normalized spacial score (nSPS) is 13.3. The van der Waals surface area contributed by atoms with Crippen LogP contribution in [0.5, 0.6) is 0 Å². The van der Waals surface area contributed by atoms with E-state index in [4.69, 9.17) is 11.6 Å². The molecule has 0 aliphatic carbocycles. The van der Waals surface area contributed by atoms with E-state index in [1.165, 1.54) is 18.2 Å². The topological polar surface area (TPSA) is 49.4 Å². The summed E-state index contributed by atoms with van der Waals surface area (Å²) in [7, 11) is -0.368. The van der Waals surface area contributed by atoms with E-state index >= 15 is 0 Å². The molecule has 0 bridgehead atoms. The third kappa shape index (κ3) is 4.51. The predicted octanol–water partition coefficient (Wildman–Crippen LogP) is 3.06. The molecule has 0 aliphatic heterocycles. The fourth-order valence-electron chi connectivity index (χ4n) is 2.20. The van der Waals surface area contributed by atoms with Crippen LogP contribution in [0.2, 0.25) is 5.02 Å². The largest absolute Gasteiger partial charge is 0.307 e. The Kier molecular flexibility index (Phi) is 5.75. The third-order valence-corrected chi connectivity index (χ3v) is 5.03. The van der Waals surface area contributed by atoms with Crippen molar-refractivity contribution in [3.8, 4) is 0 Å². The molecule has 0 aliphatic rings. The molecule has 1 N–H and O–H groups in total. The highest BCUT2D eigenvalue weighted by Gasteiger charge is 2.25. The second-order valence-corrected chi connectivity index (χ2v) is 7.49. The molecule has 23 heavy (non-hydrogen) atoms. The van der Waals surface area contributed by atoms with E-state index < -0.39 is 26.8 Å². The lowest BCUT2D eigenvalue weighted by atomic mass is 10.1. The zero-order chi connectivity index (χ0) is 17.0. The van der Waals surface area contributed by atoms with E-state index in [0.29, 0.717) is 6.54 Å². The van der Waals surface area contributed by atoms with Crippen LogP contribution >= 0.6 is 11.6 Å². The summed E-state index contributed by atoms with van der Waals surface area (Å²) >= 11 is 5.68. The highest BCUT2D eigenvalue weighted by atomic mass is 35.5. The maximum absolute atomic E-state index is 14.1. The van der Waals surface area contributed by atoms with Crippen molar-refractivity contribution >= 4 is 21.6 Å². The molecule has 0 heterocycles. The average molecular weight is 357 g/mol. The van der Waals surface area contributed by atoms with Crippen molar-refractivity contribution in [2.75, 3.05) is 20.6 Å². The van der Waals surface area contributed by atoms with Crippen molar-refractivity contribution in [2.45, 2.75) is 10.9 Å². The molecule has 0 spiro atoms. The number of hydrogen-bond donors (Lipinski definition) is 1. The predicted molar refractivity (Wildman–Crippen MR) is 89.5 cm³/mol. The second-order valence-electron chi connectivity index (χ2n) is 5.40. The van der Waals surface area contributed by atoms with Crippen molar-refractivity contribution in [3.63, 3.8) is 0 Å². The van der Waals surface area contributed by atoms with Crippen LogP contribution in [0.15, 0.2) is 53.4 Å². The fourth-order valence-corrected chi connectivity index (χ4v) is 3.75. The first-order chi connectivity index (χ1) is 10.8. The Labute approximate surface area is 140 Å². The summed E-state index contributed by atoms with van der Waals surface area (Å²) in [6.45, 7) is 0.436. The van der Waals surface area contributed by atoms with Crippen LogP contribution in [0.25, 0.3) is 0 Å². The molecular weight excluding hydrogens is 339 g/mol. The molecule has 0 amide bonds. The SMILES string of the molecule is CN(C)C[C@@H](NS(=O)(=O)c1cccc(Cl)c1F)c1ccccc1. The molecule has 0 saturated heterocycles. The highest BCUT2D eigenvalue weighted by molar-refractivity contribution is 7.89. The summed E-state index contributed by atoms with van der Waals surface area (Å²) in [5, 5.41) is -0.225. The lowest BCUT2D eigenvalue weighted by Gasteiger charge is -2.23. The molecular formula is C16H18ClFN2O2S. The first kappa shape index (κ1) is 17.9. The summed E-state index contributed by atoms with van der Waals surface area (Å²) in [5.41, 5.74) is 0.798. The van der Waals surface area contributed by atoms with Gasteiger partial charge in [0.05, 0.1) is 11.1 Å². The van der Waals surface area contributed by atoms with Gasteiger partial charge in [-0.2, -0.15) is 0 Å². The molecule has 0 saturated carbocycles. The Bertz CT molecular complexity index is 767. The van der Waals surface area contributed by atoms with Crippen LogP contribution < -0.4 is 4.72 Å². The summed E-state index contributed by atoms with van der Waals surface area (Å²) in [6.07, 6.45) is 0. The van der Waals surface area contributed by atoms with E-state index in [-0.39, 0.29) is 5.02 Å². The molecule has 7 heteroatoms. The number of nitrogens with one attached hydrogen (secondary N) is 1. The summed E-state index contributed by atoms with van der Waals surface area (Å²) in [6, 6.07) is 12.6. The zero-order valence-electron chi connectivity index (χ0n) is 12.8. The molecule has 4 nitrogen and oxygen atoms in total. The number of hydrogen-bond acceptors (Lipinski definition) is 3. The molecule has 0 fully saturated rings. The maximum atomic E-state index is 14.1. The number of halogens is 2. The van der Waals surface area contributed by atoms with E-state index in [1.807, 2.05) is 49.3 Å². The monoisotopic (exact) mass is 356 g/mol. The Morgan fingerprint density at radius 3 is 2.39 bits per heavy atom. The second kappa shape index (κ2) is 7.40. The van der Waals surface area contributed by atoms with Gasteiger partial charge in [-0.3, -0.25) is 0 Å². The minimum absolute atomic E-state index is 0.225. The quantitative estimate of drug-likeness (QED) is 0.865. The lowest BCUT2D eigenvalue weighted by Crippen LogP contribution is -2.35. The first-order valence-corrected chi connectivity index (χ1v) is 8.83. The van der Waals surface area contributed by atoms with Gasteiger partial charge in [-0.25, -0.2) is 17.5 Å². The minimum atomic E-state index is -4.04. The zero-order valence-corrected chi connectivity index (χ0v) is 14.4. The van der Waals surface area contributed by atoms with Crippen molar-refractivity contribution < 1.29 is 12.8 Å². The van der Waals surface area contributed by atoms with Gasteiger partial charge in [-0.15, -0.1) is 0 Å². The van der Waals surface area contributed by atoms with Crippen molar-refractivity contribution in [1.29, 1.82) is 0 Å². The van der Waals surface area contributed by atoms with E-state index in [0.717, 1.165) is 5.56 Å². The molecule has 1 atom stereocenters. The van der Waals surface area contributed by atoms with E-state index in [1.54, 1.807) is 0 Å². The van der Waals surface area contributed by atoms with Crippen molar-refractivity contribution in [1.82, 2.24) is 9.62 Å². The third-order valence-electron chi connectivity index (χ3n) is 3.25. The van der Waals surface area contributed by atoms with Gasteiger partial charge in [0.25, 0.3) is 0 Å². The Balaban J connectivity index is 2.36. The maximum Gasteiger partial charge on any atom is 0.244 e. The first-order valence-electron chi connectivity index (χ1n) is 6.97. The molecule has 2 aromatic rings. The average Bonchev–Trinajstić information content (AvgIpc) is 2.49.